The van der Waals surface area contributed by atoms with E-state index < -0.39 is 11.5 Å². The molecular weight excluding hydrogens is 368 g/mol. The first-order valence-corrected chi connectivity index (χ1v) is 10.8. The third kappa shape index (κ3) is 2.49. The van der Waals surface area contributed by atoms with Crippen molar-refractivity contribution in [2.45, 2.75) is 56.9 Å². The highest BCUT2D eigenvalue weighted by Crippen LogP contribution is 2.57. The van der Waals surface area contributed by atoms with E-state index in [4.69, 9.17) is 9.47 Å². The van der Waals surface area contributed by atoms with Gasteiger partial charge in [-0.15, -0.1) is 0 Å². The number of methoxy groups -OCH3 is 1. The Bertz CT molecular complexity index is 938. The van der Waals surface area contributed by atoms with Crippen molar-refractivity contribution < 1.29 is 19.4 Å². The molecule has 6 nitrogen and oxygen atoms in total. The summed E-state index contributed by atoms with van der Waals surface area (Å²) in [7, 11) is 1.48. The smallest absolute Gasteiger partial charge is 0.319 e. The molecule has 2 unspecified atom stereocenters. The third-order valence-corrected chi connectivity index (χ3v) is 7.54. The molecule has 0 spiro atoms. The second-order valence-corrected chi connectivity index (χ2v) is 8.87. The molecule has 2 N–H and O–H groups in total. The van der Waals surface area contributed by atoms with Crippen molar-refractivity contribution in [2.75, 3.05) is 20.3 Å². The molecule has 29 heavy (non-hydrogen) atoms. The Kier molecular flexibility index (Phi) is 4.49. The van der Waals surface area contributed by atoms with Crippen LogP contribution in [0, 0.1) is 11.8 Å². The maximum Gasteiger partial charge on any atom is 0.319 e. The maximum atomic E-state index is 13.5. The number of hydrogen-bond donors (Lipinski definition) is 2. The number of esters is 1. The minimum Gasteiger partial charge on any atom is -0.468 e. The molecule has 6 rings (SSSR count). The van der Waals surface area contributed by atoms with Crippen LogP contribution in [0.3, 0.4) is 0 Å². The Hall–Kier alpha value is -1.89. The number of aliphatic hydroxyl groups is 1. The van der Waals surface area contributed by atoms with Crippen molar-refractivity contribution in [2.24, 2.45) is 11.8 Å². The van der Waals surface area contributed by atoms with Crippen molar-refractivity contribution in [3.8, 4) is 0 Å². The van der Waals surface area contributed by atoms with Crippen LogP contribution in [-0.2, 0) is 26.1 Å². The van der Waals surface area contributed by atoms with Gasteiger partial charge in [0.25, 0.3) is 0 Å². The van der Waals surface area contributed by atoms with Crippen molar-refractivity contribution in [3.63, 3.8) is 0 Å². The lowest BCUT2D eigenvalue weighted by Crippen LogP contribution is -2.72. The molecule has 1 aromatic carbocycles. The van der Waals surface area contributed by atoms with E-state index in [0.717, 1.165) is 30.6 Å². The maximum absolute atomic E-state index is 13.5. The van der Waals surface area contributed by atoms with Crippen molar-refractivity contribution in [3.05, 3.63) is 35.5 Å². The molecule has 2 saturated heterocycles. The fourth-order valence-corrected chi connectivity index (χ4v) is 6.59. The molecule has 1 aromatic heterocycles. The van der Waals surface area contributed by atoms with Crippen LogP contribution in [0.2, 0.25) is 0 Å². The van der Waals surface area contributed by atoms with Crippen LogP contribution < -0.4 is 0 Å². The largest absolute Gasteiger partial charge is 0.468 e. The standard InChI is InChI=1S/C23H30N2O4/c1-4-29-21-14-11-17(13(2)26)20-23(12-14,22(27)28-3)19-16(9-10-25(20)21)15-7-5-6-8-18(15)24-19/h5-8,13-14,17,20-21,24,26H,4,9-12H2,1-3H3/t13-,14+,17-,20+,21?,23-/m1/s1. The molecule has 4 bridgehead atoms. The summed E-state index contributed by atoms with van der Waals surface area (Å²) in [5, 5.41) is 11.9. The zero-order valence-corrected chi connectivity index (χ0v) is 17.4. The van der Waals surface area contributed by atoms with Gasteiger partial charge in [-0.05, 0) is 44.7 Å². The van der Waals surface area contributed by atoms with E-state index in [-0.39, 0.29) is 30.1 Å². The van der Waals surface area contributed by atoms with Gasteiger partial charge in [-0.1, -0.05) is 18.2 Å². The average molecular weight is 399 g/mol. The van der Waals surface area contributed by atoms with Gasteiger partial charge in [-0.3, -0.25) is 9.69 Å². The van der Waals surface area contributed by atoms with E-state index in [1.165, 1.54) is 18.1 Å². The molecule has 4 heterocycles. The normalized spacial score (nSPS) is 36.5. The van der Waals surface area contributed by atoms with Crippen LogP contribution >= 0.6 is 0 Å². The number of H-pyrrole nitrogens is 1. The minimum absolute atomic E-state index is 0.00178. The topological polar surface area (TPSA) is 74.8 Å². The first-order valence-electron chi connectivity index (χ1n) is 10.8. The highest BCUT2D eigenvalue weighted by Gasteiger charge is 2.66. The number of nitrogens with one attached hydrogen (secondary N) is 1. The van der Waals surface area contributed by atoms with Gasteiger partial charge in [0, 0.05) is 47.6 Å². The monoisotopic (exact) mass is 398 g/mol. The van der Waals surface area contributed by atoms with Gasteiger partial charge in [0.15, 0.2) is 0 Å². The minimum atomic E-state index is -0.808. The van der Waals surface area contributed by atoms with Crippen molar-refractivity contribution in [1.82, 2.24) is 9.88 Å². The summed E-state index contributed by atoms with van der Waals surface area (Å²) < 4.78 is 11.6. The van der Waals surface area contributed by atoms with Crippen LogP contribution in [0.5, 0.6) is 0 Å². The highest BCUT2D eigenvalue weighted by atomic mass is 16.5. The lowest BCUT2D eigenvalue weighted by molar-refractivity contribution is -0.220. The predicted octanol–water partition coefficient (Wildman–Crippen LogP) is 2.59. The zero-order valence-electron chi connectivity index (χ0n) is 17.4. The van der Waals surface area contributed by atoms with E-state index in [0.29, 0.717) is 13.0 Å². The number of ether oxygens (including phenoxy) is 2. The SMILES string of the molecule is CCOC1[C@H]2C[C@H]([C@@H](C)O)[C@@H]3N1CCc1c([nH]c4ccccc14)[C@]3(C(=O)OC)C2. The highest BCUT2D eigenvalue weighted by molar-refractivity contribution is 5.91. The Morgan fingerprint density at radius 2 is 2.21 bits per heavy atom. The summed E-state index contributed by atoms with van der Waals surface area (Å²) >= 11 is 0. The number of carbonyl (C=O) groups excluding carboxylic acids is 1. The Balaban J connectivity index is 1.77. The second-order valence-electron chi connectivity index (χ2n) is 8.87. The summed E-state index contributed by atoms with van der Waals surface area (Å²) in [6.45, 7) is 5.33. The molecule has 7 atom stereocenters. The van der Waals surface area contributed by atoms with E-state index in [9.17, 15) is 9.90 Å². The van der Waals surface area contributed by atoms with Gasteiger partial charge in [0.2, 0.25) is 0 Å². The zero-order chi connectivity index (χ0) is 20.3. The first-order chi connectivity index (χ1) is 14.0. The number of hydrogen-bond acceptors (Lipinski definition) is 5. The third-order valence-electron chi connectivity index (χ3n) is 7.54. The first kappa shape index (κ1) is 19.1. The molecule has 3 aliphatic heterocycles. The number of rotatable bonds is 4. The fourth-order valence-electron chi connectivity index (χ4n) is 6.59. The molecule has 2 aromatic rings. The molecule has 3 fully saturated rings. The summed E-state index contributed by atoms with van der Waals surface area (Å²) in [4.78, 5) is 19.5. The Labute approximate surface area is 171 Å². The van der Waals surface area contributed by atoms with Crippen LogP contribution in [0.4, 0.5) is 0 Å². The predicted molar refractivity (Wildman–Crippen MR) is 109 cm³/mol. The van der Waals surface area contributed by atoms with Gasteiger partial charge in [0.05, 0.1) is 13.2 Å². The molecule has 6 heteroatoms. The average Bonchev–Trinajstić information content (AvgIpc) is 3.06. The second kappa shape index (κ2) is 6.83. The van der Waals surface area contributed by atoms with Crippen molar-refractivity contribution in [1.29, 1.82) is 0 Å². The van der Waals surface area contributed by atoms with Crippen molar-refractivity contribution >= 4 is 16.9 Å². The number of benzene rings is 1. The molecule has 4 aliphatic rings. The lowest BCUT2D eigenvalue weighted by Gasteiger charge is -2.61. The van der Waals surface area contributed by atoms with E-state index >= 15 is 0 Å². The van der Waals surface area contributed by atoms with Gasteiger partial charge in [0.1, 0.15) is 11.6 Å². The molecule has 156 valence electrons. The van der Waals surface area contributed by atoms with Crippen LogP contribution in [-0.4, -0.2) is 59.6 Å². The van der Waals surface area contributed by atoms with E-state index in [1.54, 1.807) is 0 Å². The van der Waals surface area contributed by atoms with Gasteiger partial charge in [-0.25, -0.2) is 0 Å². The molecule has 0 amide bonds. The van der Waals surface area contributed by atoms with Gasteiger partial charge < -0.3 is 19.6 Å². The van der Waals surface area contributed by atoms with Crippen LogP contribution in [0.15, 0.2) is 24.3 Å². The summed E-state index contributed by atoms with van der Waals surface area (Å²) in [5.74, 6) is -0.0227. The summed E-state index contributed by atoms with van der Waals surface area (Å²) in [6, 6.07) is 8.12. The van der Waals surface area contributed by atoms with E-state index in [2.05, 4.69) is 22.0 Å². The quantitative estimate of drug-likeness (QED) is 0.775. The molecular formula is C23H30N2O4. The number of aromatic amines is 1. The number of nitrogens with zero attached hydrogens (tertiary/aromatic N) is 1. The van der Waals surface area contributed by atoms with Gasteiger partial charge >= 0.3 is 5.97 Å². The number of aromatic nitrogens is 1. The Morgan fingerprint density at radius 1 is 1.41 bits per heavy atom. The lowest BCUT2D eigenvalue weighted by atomic mass is 9.55. The summed E-state index contributed by atoms with van der Waals surface area (Å²) in [5.41, 5.74) is 2.45. The summed E-state index contributed by atoms with van der Waals surface area (Å²) in [6.07, 6.45) is 1.90. The Morgan fingerprint density at radius 3 is 2.93 bits per heavy atom. The number of para-hydroxylation sites is 1. The number of aliphatic hydroxyl groups excluding tert-OH is 1. The number of piperidine rings is 2. The van der Waals surface area contributed by atoms with Crippen LogP contribution in [0.25, 0.3) is 10.9 Å². The van der Waals surface area contributed by atoms with E-state index in [1.807, 2.05) is 26.0 Å². The number of fused-ring (bicyclic) bond motifs is 4. The van der Waals surface area contributed by atoms with Gasteiger partial charge in [-0.2, -0.15) is 0 Å². The van der Waals surface area contributed by atoms with Crippen LogP contribution in [0.1, 0.15) is 37.9 Å². The molecule has 1 aliphatic carbocycles. The molecule has 0 radical (unpaired) electrons. The molecule has 1 saturated carbocycles. The fraction of sp³-hybridized carbons (Fsp3) is 0.609. The number of carbonyl (C=O) groups is 1.